The van der Waals surface area contributed by atoms with Gasteiger partial charge in [0.05, 0.1) is 0 Å². The fourth-order valence-electron chi connectivity index (χ4n) is 0.602. The van der Waals surface area contributed by atoms with Gasteiger partial charge in [-0.2, -0.15) is 0 Å². The molecule has 0 atom stereocenters. The van der Waals surface area contributed by atoms with Crippen molar-refractivity contribution in [2.45, 2.75) is 26.4 Å². The van der Waals surface area contributed by atoms with Crippen LogP contribution in [0, 0.1) is 0 Å². The van der Waals surface area contributed by atoms with Crippen LogP contribution >= 0.6 is 0 Å². The molecule has 0 aromatic heterocycles. The maximum atomic E-state index is 11.0. The quantitative estimate of drug-likeness (QED) is 0.497. The lowest BCUT2D eigenvalue weighted by Gasteiger charge is -2.19. The van der Waals surface area contributed by atoms with Crippen LogP contribution < -0.4 is 11.1 Å². The minimum absolute atomic E-state index is 0.200. The first-order valence-electron chi connectivity index (χ1n) is 4.17. The molecule has 0 saturated carbocycles. The van der Waals surface area contributed by atoms with Crippen molar-refractivity contribution in [3.05, 3.63) is 0 Å². The van der Waals surface area contributed by atoms with Crippen molar-refractivity contribution < 1.29 is 19.1 Å². The van der Waals surface area contributed by atoms with Crippen molar-refractivity contribution in [2.24, 2.45) is 5.73 Å². The molecule has 82 valence electrons. The molecule has 0 bridgehead atoms. The molecule has 0 spiro atoms. The maximum Gasteiger partial charge on any atom is 0.408 e. The molecule has 3 N–H and O–H groups in total. The summed E-state index contributed by atoms with van der Waals surface area (Å²) in [5.74, 6) is -0.599. The van der Waals surface area contributed by atoms with Crippen LogP contribution in [0.2, 0.25) is 0 Å². The minimum Gasteiger partial charge on any atom is -0.449 e. The molecule has 0 saturated heterocycles. The van der Waals surface area contributed by atoms with Crippen LogP contribution in [0.15, 0.2) is 0 Å². The van der Waals surface area contributed by atoms with Crippen molar-refractivity contribution in [3.63, 3.8) is 0 Å². The first-order chi connectivity index (χ1) is 6.35. The van der Waals surface area contributed by atoms with Crippen molar-refractivity contribution >= 4 is 12.1 Å². The zero-order valence-electron chi connectivity index (χ0n) is 8.62. The Balaban J connectivity index is 3.70. The Bertz CT molecular complexity index is 210. The van der Waals surface area contributed by atoms with Gasteiger partial charge in [0.25, 0.3) is 0 Å². The van der Waals surface area contributed by atoms with Gasteiger partial charge in [-0.15, -0.1) is 0 Å². The summed E-state index contributed by atoms with van der Waals surface area (Å²) < 4.78 is 9.27. The zero-order valence-corrected chi connectivity index (χ0v) is 8.62. The molecule has 0 aromatic carbocycles. The molecule has 6 nitrogen and oxygen atoms in total. The Morgan fingerprint density at radius 1 is 1.36 bits per heavy atom. The van der Waals surface area contributed by atoms with Crippen LogP contribution in [0.4, 0.5) is 4.79 Å². The highest BCUT2D eigenvalue weighted by molar-refractivity contribution is 5.77. The van der Waals surface area contributed by atoms with Crippen LogP contribution in [0.3, 0.4) is 0 Å². The molecule has 1 amide bonds. The smallest absolute Gasteiger partial charge is 0.408 e. The van der Waals surface area contributed by atoms with E-state index in [1.807, 2.05) is 0 Å². The predicted molar refractivity (Wildman–Crippen MR) is 49.4 cm³/mol. The van der Waals surface area contributed by atoms with E-state index in [2.05, 4.69) is 10.1 Å². The summed E-state index contributed by atoms with van der Waals surface area (Å²) in [4.78, 5) is 21.7. The van der Waals surface area contributed by atoms with Crippen molar-refractivity contribution in [1.29, 1.82) is 0 Å². The molecule has 0 aliphatic heterocycles. The number of hydrogen-bond acceptors (Lipinski definition) is 5. The van der Waals surface area contributed by atoms with Crippen molar-refractivity contribution in [1.82, 2.24) is 5.32 Å². The summed E-state index contributed by atoms with van der Waals surface area (Å²) in [6.07, 6.45) is -0.661. The molecule has 14 heavy (non-hydrogen) atoms. The highest BCUT2D eigenvalue weighted by Crippen LogP contribution is 2.05. The monoisotopic (exact) mass is 204 g/mol. The fraction of sp³-hybridized carbons (Fsp3) is 0.750. The predicted octanol–water partition coefficient (Wildman–Crippen LogP) is -0.0295. The number of nitrogens with one attached hydrogen (secondary N) is 1. The van der Waals surface area contributed by atoms with E-state index in [0.29, 0.717) is 0 Å². The van der Waals surface area contributed by atoms with Gasteiger partial charge >= 0.3 is 12.1 Å². The Morgan fingerprint density at radius 3 is 2.36 bits per heavy atom. The lowest BCUT2D eigenvalue weighted by molar-refractivity contribution is -0.142. The number of hydrogen-bond donors (Lipinski definition) is 2. The van der Waals surface area contributed by atoms with Gasteiger partial charge in [-0.1, -0.05) is 0 Å². The molecule has 6 heteroatoms. The maximum absolute atomic E-state index is 11.0. The Labute approximate surface area is 82.7 Å². The first kappa shape index (κ1) is 12.7. The summed E-state index contributed by atoms with van der Waals surface area (Å²) in [5, 5.41) is 2.23. The second-order valence-electron chi connectivity index (χ2n) is 3.54. The lowest BCUT2D eigenvalue weighted by atomic mass is 10.2. The van der Waals surface area contributed by atoms with Gasteiger partial charge in [0.1, 0.15) is 18.9 Å². The summed E-state index contributed by atoms with van der Waals surface area (Å²) in [6.45, 7) is 4.74. The number of ether oxygens (including phenoxy) is 2. The minimum atomic E-state index is -0.661. The van der Waals surface area contributed by atoms with E-state index in [1.54, 1.807) is 20.8 Å². The highest BCUT2D eigenvalue weighted by atomic mass is 16.6. The Hall–Kier alpha value is -1.30. The topological polar surface area (TPSA) is 90.6 Å². The number of carbonyl (C=O) groups excluding carboxylic acids is 2. The highest BCUT2D eigenvalue weighted by Gasteiger charge is 2.16. The summed E-state index contributed by atoms with van der Waals surface area (Å²) >= 11 is 0. The molecule has 0 rings (SSSR count). The van der Waals surface area contributed by atoms with Crippen molar-refractivity contribution in [2.75, 3.05) is 13.3 Å². The van der Waals surface area contributed by atoms with Crippen LogP contribution in [-0.4, -0.2) is 30.9 Å². The molecule has 0 aliphatic carbocycles. The van der Waals surface area contributed by atoms with Gasteiger partial charge in [-0.25, -0.2) is 4.79 Å². The van der Waals surface area contributed by atoms with E-state index in [4.69, 9.17) is 10.5 Å². The molecule has 0 aliphatic rings. The summed E-state index contributed by atoms with van der Waals surface area (Å²) in [6, 6.07) is 0. The van der Waals surface area contributed by atoms with E-state index < -0.39 is 17.7 Å². The second kappa shape index (κ2) is 5.43. The fourth-order valence-corrected chi connectivity index (χ4v) is 0.602. The summed E-state index contributed by atoms with van der Waals surface area (Å²) in [5.41, 5.74) is 4.37. The number of amides is 1. The van der Waals surface area contributed by atoms with Crippen LogP contribution in [0.1, 0.15) is 20.8 Å². The molecule has 0 heterocycles. The Kier molecular flexibility index (Phi) is 4.93. The third-order valence-corrected chi connectivity index (χ3v) is 1.02. The molecule has 0 unspecified atom stereocenters. The van der Waals surface area contributed by atoms with Gasteiger partial charge in [-0.3, -0.25) is 10.5 Å². The SMILES string of the molecule is CC(C)(C)OC(=O)NCC(=O)OCN. The van der Waals surface area contributed by atoms with Gasteiger partial charge in [-0.05, 0) is 20.8 Å². The summed E-state index contributed by atoms with van der Waals surface area (Å²) in [7, 11) is 0. The molecular weight excluding hydrogens is 188 g/mol. The zero-order chi connectivity index (χ0) is 11.2. The van der Waals surface area contributed by atoms with Gasteiger partial charge < -0.3 is 14.8 Å². The Morgan fingerprint density at radius 2 is 1.93 bits per heavy atom. The third-order valence-electron chi connectivity index (χ3n) is 1.02. The normalized spacial score (nSPS) is 10.6. The second-order valence-corrected chi connectivity index (χ2v) is 3.54. The molecule has 0 radical (unpaired) electrons. The van der Waals surface area contributed by atoms with Crippen LogP contribution in [0.5, 0.6) is 0 Å². The number of carbonyl (C=O) groups is 2. The van der Waals surface area contributed by atoms with Gasteiger partial charge in [0.15, 0.2) is 0 Å². The largest absolute Gasteiger partial charge is 0.449 e. The average Bonchev–Trinajstić information content (AvgIpc) is 1.98. The van der Waals surface area contributed by atoms with Crippen LogP contribution in [0.25, 0.3) is 0 Å². The van der Waals surface area contributed by atoms with E-state index in [9.17, 15) is 9.59 Å². The van der Waals surface area contributed by atoms with E-state index in [-0.39, 0.29) is 13.3 Å². The molecule has 0 fully saturated rings. The standard InChI is InChI=1S/C8H16N2O4/c1-8(2,3)14-7(12)10-4-6(11)13-5-9/h4-5,9H2,1-3H3,(H,10,12). The third kappa shape index (κ3) is 7.35. The number of nitrogens with two attached hydrogens (primary N) is 1. The molecular formula is C8H16N2O4. The van der Waals surface area contributed by atoms with E-state index in [1.165, 1.54) is 0 Å². The lowest BCUT2D eigenvalue weighted by Crippen LogP contribution is -2.36. The number of rotatable bonds is 3. The molecule has 0 aromatic rings. The van der Waals surface area contributed by atoms with Gasteiger partial charge in [0.2, 0.25) is 0 Å². The van der Waals surface area contributed by atoms with E-state index >= 15 is 0 Å². The number of alkyl carbamates (subject to hydrolysis) is 1. The average molecular weight is 204 g/mol. The number of esters is 1. The van der Waals surface area contributed by atoms with Crippen LogP contribution in [-0.2, 0) is 14.3 Å². The first-order valence-corrected chi connectivity index (χ1v) is 4.17. The van der Waals surface area contributed by atoms with Crippen molar-refractivity contribution in [3.8, 4) is 0 Å². The van der Waals surface area contributed by atoms with E-state index in [0.717, 1.165) is 0 Å². The van der Waals surface area contributed by atoms with Gasteiger partial charge in [0, 0.05) is 0 Å².